The van der Waals surface area contributed by atoms with E-state index in [2.05, 4.69) is 26.2 Å². The molecule has 158 valence electrons. The Morgan fingerprint density at radius 2 is 2.17 bits per heavy atom. The van der Waals surface area contributed by atoms with Crippen LogP contribution in [0.1, 0.15) is 12.8 Å². The normalized spacial score (nSPS) is 16.7. The number of benzene rings is 2. The Morgan fingerprint density at radius 1 is 1.30 bits per heavy atom. The van der Waals surface area contributed by atoms with E-state index in [0.29, 0.717) is 29.0 Å². The van der Waals surface area contributed by atoms with Crippen molar-refractivity contribution in [2.24, 2.45) is 5.92 Å². The van der Waals surface area contributed by atoms with E-state index in [9.17, 15) is 9.18 Å². The number of aliphatic hydroxyl groups is 1. The van der Waals surface area contributed by atoms with Gasteiger partial charge in [-0.15, -0.1) is 0 Å². The molecule has 2 aromatic carbocycles. The summed E-state index contributed by atoms with van der Waals surface area (Å²) < 4.78 is 22.7. The minimum absolute atomic E-state index is 0.0846. The first-order valence-corrected chi connectivity index (χ1v) is 10.8. The molecule has 3 aromatic rings. The van der Waals surface area contributed by atoms with E-state index in [1.807, 2.05) is 6.07 Å². The predicted molar refractivity (Wildman–Crippen MR) is 117 cm³/mol. The Bertz CT molecular complexity index is 1110. The second-order valence-electron chi connectivity index (χ2n) is 7.44. The molecule has 1 aromatic heterocycles. The van der Waals surface area contributed by atoms with Gasteiger partial charge in [0, 0.05) is 17.1 Å². The summed E-state index contributed by atoms with van der Waals surface area (Å²) in [5.41, 5.74) is 0.593. The van der Waals surface area contributed by atoms with Crippen molar-refractivity contribution in [3.8, 4) is 17.1 Å². The lowest BCUT2D eigenvalue weighted by atomic mass is 9.99. The van der Waals surface area contributed by atoms with Crippen molar-refractivity contribution < 1.29 is 14.2 Å². The molecular formula is C22H23BrFN3O3. The van der Waals surface area contributed by atoms with E-state index in [0.717, 1.165) is 30.4 Å². The van der Waals surface area contributed by atoms with Gasteiger partial charge in [0.1, 0.15) is 24.0 Å². The third-order valence-electron chi connectivity index (χ3n) is 5.30. The number of hydrogen-bond acceptors (Lipinski definition) is 5. The Morgan fingerprint density at radius 3 is 2.90 bits per heavy atom. The lowest BCUT2D eigenvalue weighted by molar-refractivity contribution is 0.201. The smallest absolute Gasteiger partial charge is 0.261 e. The Kier molecular flexibility index (Phi) is 6.46. The number of rotatable bonds is 6. The topological polar surface area (TPSA) is 76.4 Å². The number of halogens is 2. The van der Waals surface area contributed by atoms with Gasteiger partial charge in [-0.05, 0) is 62.2 Å². The number of aliphatic hydroxyl groups excluding tert-OH is 1. The molecule has 2 N–H and O–H groups in total. The summed E-state index contributed by atoms with van der Waals surface area (Å²) in [5.74, 6) is 0.383. The zero-order chi connectivity index (χ0) is 21.1. The van der Waals surface area contributed by atoms with E-state index >= 15 is 0 Å². The Labute approximate surface area is 181 Å². The maximum absolute atomic E-state index is 15.0. The number of nitrogens with one attached hydrogen (secondary N) is 1. The van der Waals surface area contributed by atoms with Crippen LogP contribution in [0.25, 0.3) is 22.3 Å². The monoisotopic (exact) mass is 475 g/mol. The fourth-order valence-electron chi connectivity index (χ4n) is 3.84. The van der Waals surface area contributed by atoms with Gasteiger partial charge >= 0.3 is 0 Å². The summed E-state index contributed by atoms with van der Waals surface area (Å²) in [5, 5.41) is 12.8. The second kappa shape index (κ2) is 9.24. The number of ether oxygens (including phenoxy) is 1. The van der Waals surface area contributed by atoms with Gasteiger partial charge in [0.2, 0.25) is 0 Å². The molecule has 0 bridgehead atoms. The minimum atomic E-state index is -0.524. The lowest BCUT2D eigenvalue weighted by Gasteiger charge is -2.25. The van der Waals surface area contributed by atoms with Gasteiger partial charge in [-0.2, -0.15) is 0 Å². The van der Waals surface area contributed by atoms with Crippen molar-refractivity contribution in [1.82, 2.24) is 14.9 Å². The minimum Gasteiger partial charge on any atom is -0.491 e. The third-order valence-corrected chi connectivity index (χ3v) is 5.79. The molecule has 1 atom stereocenters. The van der Waals surface area contributed by atoms with Gasteiger partial charge in [-0.3, -0.25) is 9.36 Å². The van der Waals surface area contributed by atoms with Gasteiger partial charge < -0.3 is 15.2 Å². The average Bonchev–Trinajstić information content (AvgIpc) is 2.75. The maximum atomic E-state index is 15.0. The Hall–Kier alpha value is -2.29. The molecule has 2 heterocycles. The molecular weight excluding hydrogens is 453 g/mol. The molecule has 30 heavy (non-hydrogen) atoms. The second-order valence-corrected chi connectivity index (χ2v) is 8.35. The van der Waals surface area contributed by atoms with Gasteiger partial charge in [-0.1, -0.05) is 15.9 Å². The molecule has 6 nitrogen and oxygen atoms in total. The molecule has 0 radical (unpaired) electrons. The van der Waals surface area contributed by atoms with Crippen LogP contribution >= 0.6 is 15.9 Å². The summed E-state index contributed by atoms with van der Waals surface area (Å²) in [7, 11) is 0. The van der Waals surface area contributed by atoms with Crippen LogP contribution in [0.4, 0.5) is 4.39 Å². The zero-order valence-electron chi connectivity index (χ0n) is 16.4. The van der Waals surface area contributed by atoms with Crippen LogP contribution in [0, 0.1) is 11.7 Å². The molecule has 0 aliphatic carbocycles. The molecule has 1 aliphatic heterocycles. The van der Waals surface area contributed by atoms with E-state index in [1.165, 1.54) is 6.07 Å². The average molecular weight is 476 g/mol. The molecule has 1 aliphatic rings. The van der Waals surface area contributed by atoms with Crippen molar-refractivity contribution in [2.45, 2.75) is 19.4 Å². The van der Waals surface area contributed by atoms with Crippen molar-refractivity contribution >= 4 is 26.8 Å². The summed E-state index contributed by atoms with van der Waals surface area (Å²) in [6.45, 7) is 2.20. The van der Waals surface area contributed by atoms with Crippen LogP contribution in [-0.4, -0.2) is 41.0 Å². The standard InChI is InChI=1S/C22H23BrFN3O3/c23-15-3-6-20-18(10-15)22(29)27(13-14-2-1-7-25-12-14)21(26-20)17-5-4-16(11-19(17)24)30-9-8-28/h3-6,10-11,14,25,28H,1-2,7-9,12-13H2. The van der Waals surface area contributed by atoms with Crippen LogP contribution in [-0.2, 0) is 6.54 Å². The first-order chi connectivity index (χ1) is 14.6. The van der Waals surface area contributed by atoms with Crippen molar-refractivity contribution in [2.75, 3.05) is 26.3 Å². The van der Waals surface area contributed by atoms with E-state index in [-0.39, 0.29) is 30.3 Å². The molecule has 0 spiro atoms. The van der Waals surface area contributed by atoms with E-state index in [4.69, 9.17) is 9.84 Å². The first-order valence-electron chi connectivity index (χ1n) is 10.0. The first kappa shape index (κ1) is 21.0. The SMILES string of the molecule is O=c1c2cc(Br)ccc2nc(-c2ccc(OCCO)cc2F)n1CC1CCCNC1. The van der Waals surface area contributed by atoms with Gasteiger partial charge in [0.15, 0.2) is 0 Å². The maximum Gasteiger partial charge on any atom is 0.261 e. The molecule has 1 fully saturated rings. The predicted octanol–water partition coefficient (Wildman–Crippen LogP) is 3.34. The van der Waals surface area contributed by atoms with Crippen LogP contribution < -0.4 is 15.6 Å². The fourth-order valence-corrected chi connectivity index (χ4v) is 4.20. The highest BCUT2D eigenvalue weighted by atomic mass is 79.9. The van der Waals surface area contributed by atoms with Crippen molar-refractivity contribution in [3.63, 3.8) is 0 Å². The largest absolute Gasteiger partial charge is 0.491 e. The molecule has 8 heteroatoms. The van der Waals surface area contributed by atoms with Crippen LogP contribution in [0.15, 0.2) is 45.7 Å². The van der Waals surface area contributed by atoms with Crippen LogP contribution in [0.5, 0.6) is 5.75 Å². The van der Waals surface area contributed by atoms with Crippen LogP contribution in [0.3, 0.4) is 0 Å². The third kappa shape index (κ3) is 4.40. The number of aromatic nitrogens is 2. The molecule has 1 unspecified atom stereocenters. The highest BCUT2D eigenvalue weighted by Crippen LogP contribution is 2.27. The summed E-state index contributed by atoms with van der Waals surface area (Å²) in [6.07, 6.45) is 2.05. The highest BCUT2D eigenvalue weighted by Gasteiger charge is 2.21. The summed E-state index contributed by atoms with van der Waals surface area (Å²) >= 11 is 3.42. The van der Waals surface area contributed by atoms with Gasteiger partial charge in [0.25, 0.3) is 5.56 Å². The quantitative estimate of drug-likeness (QED) is 0.571. The number of nitrogens with zero attached hydrogens (tertiary/aromatic N) is 2. The molecule has 1 saturated heterocycles. The van der Waals surface area contributed by atoms with E-state index in [1.54, 1.807) is 28.8 Å². The Balaban J connectivity index is 1.84. The zero-order valence-corrected chi connectivity index (χ0v) is 18.0. The van der Waals surface area contributed by atoms with Gasteiger partial charge in [-0.25, -0.2) is 9.37 Å². The molecule has 0 saturated carbocycles. The molecule has 4 rings (SSSR count). The summed E-state index contributed by atoms with van der Waals surface area (Å²) in [4.78, 5) is 18.0. The van der Waals surface area contributed by atoms with Crippen molar-refractivity contribution in [1.29, 1.82) is 0 Å². The van der Waals surface area contributed by atoms with E-state index < -0.39 is 5.82 Å². The lowest BCUT2D eigenvalue weighted by Crippen LogP contribution is -2.35. The highest BCUT2D eigenvalue weighted by molar-refractivity contribution is 9.10. The number of piperidine rings is 1. The van der Waals surface area contributed by atoms with Crippen molar-refractivity contribution in [3.05, 3.63) is 57.0 Å². The number of fused-ring (bicyclic) bond motifs is 1. The molecule has 0 amide bonds. The summed E-state index contributed by atoms with van der Waals surface area (Å²) in [6, 6.07) is 9.79. The van der Waals surface area contributed by atoms with Gasteiger partial charge in [0.05, 0.1) is 23.1 Å². The fraction of sp³-hybridized carbons (Fsp3) is 0.364. The van der Waals surface area contributed by atoms with Crippen LogP contribution in [0.2, 0.25) is 0 Å². The number of hydrogen-bond donors (Lipinski definition) is 2.